The number of carbonyl (C=O) groups excluding carboxylic acids is 2. The molecular formula is C16H13BrN2O4S. The molecule has 0 aliphatic carbocycles. The van der Waals surface area contributed by atoms with Crippen molar-refractivity contribution in [2.45, 2.75) is 10.9 Å². The van der Waals surface area contributed by atoms with Crippen LogP contribution in [0, 0.1) is 0 Å². The van der Waals surface area contributed by atoms with Crippen LogP contribution in [0.2, 0.25) is 0 Å². The van der Waals surface area contributed by atoms with Gasteiger partial charge in [-0.05, 0) is 36.4 Å². The number of ketones is 1. The lowest BCUT2D eigenvalue weighted by Crippen LogP contribution is -2.53. The molecule has 6 nitrogen and oxygen atoms in total. The molecule has 1 amide bonds. The molecule has 8 heteroatoms. The number of fused-ring (bicyclic) bond motifs is 1. The minimum absolute atomic E-state index is 0.0338. The van der Waals surface area contributed by atoms with Gasteiger partial charge in [-0.3, -0.25) is 9.59 Å². The van der Waals surface area contributed by atoms with E-state index in [-0.39, 0.29) is 10.5 Å². The van der Waals surface area contributed by atoms with Crippen molar-refractivity contribution in [1.29, 1.82) is 0 Å². The number of benzene rings is 2. The van der Waals surface area contributed by atoms with Crippen LogP contribution in [0.15, 0.2) is 57.9 Å². The molecule has 0 aromatic heterocycles. The molecule has 1 N–H and O–H groups in total. The molecular weight excluding hydrogens is 396 g/mol. The fourth-order valence-electron chi connectivity index (χ4n) is 2.53. The SMILES string of the molecule is CN1C(C(=O)Nc2ccc(Br)cc2)C(=O)c2ccccc2S1(=O)=O. The second kappa shape index (κ2) is 6.12. The van der Waals surface area contributed by atoms with Crippen LogP contribution in [0.25, 0.3) is 0 Å². The number of amides is 1. The average molecular weight is 409 g/mol. The van der Waals surface area contributed by atoms with Crippen LogP contribution in [-0.4, -0.2) is 37.5 Å². The number of hydrogen-bond donors (Lipinski definition) is 1. The van der Waals surface area contributed by atoms with E-state index in [2.05, 4.69) is 21.2 Å². The third kappa shape index (κ3) is 2.77. The standard InChI is InChI=1S/C16H13BrN2O4S/c1-19-14(16(21)18-11-8-6-10(17)7-9-11)15(20)12-4-2-3-5-13(12)24(19,22)23/h2-9,14H,1H3,(H,18,21). The summed E-state index contributed by atoms with van der Waals surface area (Å²) in [7, 11) is -2.67. The van der Waals surface area contributed by atoms with Crippen LogP contribution in [0.3, 0.4) is 0 Å². The first-order chi connectivity index (χ1) is 11.3. The summed E-state index contributed by atoms with van der Waals surface area (Å²) in [5.74, 6) is -1.24. The Labute approximate surface area is 147 Å². The summed E-state index contributed by atoms with van der Waals surface area (Å²) in [6, 6.07) is 11.2. The summed E-state index contributed by atoms with van der Waals surface area (Å²) < 4.78 is 26.7. The van der Waals surface area contributed by atoms with E-state index in [9.17, 15) is 18.0 Å². The van der Waals surface area contributed by atoms with Crippen molar-refractivity contribution in [2.75, 3.05) is 12.4 Å². The topological polar surface area (TPSA) is 83.6 Å². The van der Waals surface area contributed by atoms with Crippen LogP contribution >= 0.6 is 15.9 Å². The smallest absolute Gasteiger partial charge is 0.250 e. The summed E-state index contributed by atoms with van der Waals surface area (Å²) in [5, 5.41) is 2.58. The van der Waals surface area contributed by atoms with E-state index in [0.29, 0.717) is 5.69 Å². The normalized spacial score (nSPS) is 19.6. The monoisotopic (exact) mass is 408 g/mol. The number of anilines is 1. The number of nitrogens with one attached hydrogen (secondary N) is 1. The largest absolute Gasteiger partial charge is 0.324 e. The molecule has 24 heavy (non-hydrogen) atoms. The molecule has 1 aliphatic heterocycles. The van der Waals surface area contributed by atoms with Gasteiger partial charge in [-0.15, -0.1) is 0 Å². The molecule has 1 heterocycles. The molecule has 124 valence electrons. The molecule has 3 rings (SSSR count). The number of carbonyl (C=O) groups is 2. The maximum atomic E-state index is 12.6. The van der Waals surface area contributed by atoms with Crippen LogP contribution in [0.5, 0.6) is 0 Å². The van der Waals surface area contributed by atoms with E-state index >= 15 is 0 Å². The van der Waals surface area contributed by atoms with Gasteiger partial charge in [-0.1, -0.05) is 28.1 Å². The van der Waals surface area contributed by atoms with Gasteiger partial charge in [0.25, 0.3) is 5.91 Å². The number of hydrogen-bond acceptors (Lipinski definition) is 4. The zero-order valence-corrected chi connectivity index (χ0v) is 15.0. The Bertz CT molecular complexity index is 925. The van der Waals surface area contributed by atoms with Crippen LogP contribution in [0.4, 0.5) is 5.69 Å². The highest BCUT2D eigenvalue weighted by Crippen LogP contribution is 2.29. The lowest BCUT2D eigenvalue weighted by molar-refractivity contribution is -0.118. The Hall–Kier alpha value is -2.03. The second-order valence-electron chi connectivity index (χ2n) is 5.28. The van der Waals surface area contributed by atoms with Crippen LogP contribution in [-0.2, 0) is 14.8 Å². The molecule has 1 aliphatic rings. The van der Waals surface area contributed by atoms with Crippen LogP contribution in [0.1, 0.15) is 10.4 Å². The molecule has 0 spiro atoms. The summed E-state index contributed by atoms with van der Waals surface area (Å²) >= 11 is 3.29. The molecule has 1 atom stereocenters. The zero-order chi connectivity index (χ0) is 17.5. The van der Waals surface area contributed by atoms with Crippen molar-refractivity contribution in [3.63, 3.8) is 0 Å². The van der Waals surface area contributed by atoms with E-state index in [0.717, 1.165) is 8.78 Å². The van der Waals surface area contributed by atoms with E-state index in [1.807, 2.05) is 0 Å². The number of Topliss-reactive ketones (excluding diaryl/α,β-unsaturated/α-hetero) is 1. The highest BCUT2D eigenvalue weighted by atomic mass is 79.9. The van der Waals surface area contributed by atoms with E-state index < -0.39 is 27.8 Å². The van der Waals surface area contributed by atoms with Gasteiger partial charge in [0.2, 0.25) is 10.0 Å². The number of rotatable bonds is 2. The van der Waals surface area contributed by atoms with E-state index in [1.165, 1.54) is 19.2 Å². The summed E-state index contributed by atoms with van der Waals surface area (Å²) in [5.41, 5.74) is 0.507. The van der Waals surface area contributed by atoms with Crippen molar-refractivity contribution >= 4 is 43.3 Å². The first kappa shape index (κ1) is 16.8. The Kier molecular flexibility index (Phi) is 4.29. The quantitative estimate of drug-likeness (QED) is 0.772. The Morgan fingerprint density at radius 1 is 1.12 bits per heavy atom. The van der Waals surface area contributed by atoms with Gasteiger partial charge >= 0.3 is 0 Å². The second-order valence-corrected chi connectivity index (χ2v) is 8.16. The maximum Gasteiger partial charge on any atom is 0.250 e. The van der Waals surface area contributed by atoms with Crippen molar-refractivity contribution in [2.24, 2.45) is 0 Å². The molecule has 1 unspecified atom stereocenters. The molecule has 2 aromatic rings. The Morgan fingerprint density at radius 2 is 1.75 bits per heavy atom. The number of sulfonamides is 1. The fourth-order valence-corrected chi connectivity index (χ4v) is 4.27. The van der Waals surface area contributed by atoms with E-state index in [1.54, 1.807) is 36.4 Å². The molecule has 2 aromatic carbocycles. The number of nitrogens with zero attached hydrogens (tertiary/aromatic N) is 1. The van der Waals surface area contributed by atoms with Gasteiger partial charge in [-0.25, -0.2) is 8.42 Å². The van der Waals surface area contributed by atoms with Crippen LogP contribution < -0.4 is 5.32 Å². The van der Waals surface area contributed by atoms with Crippen molar-refractivity contribution in [3.8, 4) is 0 Å². The Morgan fingerprint density at radius 3 is 2.42 bits per heavy atom. The van der Waals surface area contributed by atoms with Crippen molar-refractivity contribution in [3.05, 3.63) is 58.6 Å². The number of halogens is 1. The van der Waals surface area contributed by atoms with Gasteiger partial charge in [-0.2, -0.15) is 4.31 Å². The van der Waals surface area contributed by atoms with Crippen molar-refractivity contribution in [1.82, 2.24) is 4.31 Å². The predicted molar refractivity (Wildman–Crippen MR) is 92.3 cm³/mol. The highest BCUT2D eigenvalue weighted by molar-refractivity contribution is 9.10. The Balaban J connectivity index is 1.97. The first-order valence-electron chi connectivity index (χ1n) is 7.00. The fraction of sp³-hybridized carbons (Fsp3) is 0.125. The first-order valence-corrected chi connectivity index (χ1v) is 9.23. The molecule has 0 saturated heterocycles. The minimum atomic E-state index is -3.90. The van der Waals surface area contributed by atoms with E-state index in [4.69, 9.17) is 0 Å². The predicted octanol–water partition coefficient (Wildman–Crippen LogP) is 2.27. The summed E-state index contributed by atoms with van der Waals surface area (Å²) in [6.45, 7) is 0. The molecule has 0 bridgehead atoms. The third-order valence-electron chi connectivity index (χ3n) is 3.78. The lowest BCUT2D eigenvalue weighted by Gasteiger charge is -2.30. The summed E-state index contributed by atoms with van der Waals surface area (Å²) in [6.07, 6.45) is 0. The summed E-state index contributed by atoms with van der Waals surface area (Å²) in [4.78, 5) is 25.1. The van der Waals surface area contributed by atoms with Gasteiger partial charge in [0.15, 0.2) is 11.8 Å². The highest BCUT2D eigenvalue weighted by Gasteiger charge is 2.45. The zero-order valence-electron chi connectivity index (χ0n) is 12.6. The average Bonchev–Trinajstić information content (AvgIpc) is 2.56. The molecule has 0 saturated carbocycles. The minimum Gasteiger partial charge on any atom is -0.324 e. The van der Waals surface area contributed by atoms with Gasteiger partial charge in [0.1, 0.15) is 0 Å². The van der Waals surface area contributed by atoms with Crippen molar-refractivity contribution < 1.29 is 18.0 Å². The third-order valence-corrected chi connectivity index (χ3v) is 6.19. The van der Waals surface area contributed by atoms with Gasteiger partial charge < -0.3 is 5.32 Å². The van der Waals surface area contributed by atoms with Gasteiger partial charge in [0.05, 0.1) is 4.90 Å². The molecule has 0 radical (unpaired) electrons. The lowest BCUT2D eigenvalue weighted by atomic mass is 10.0. The van der Waals surface area contributed by atoms with Gasteiger partial charge in [0, 0.05) is 22.8 Å². The maximum absolute atomic E-state index is 12.6. The molecule has 0 fully saturated rings. The number of likely N-dealkylation sites (N-methyl/N-ethyl adjacent to an activating group) is 1.